The third kappa shape index (κ3) is 3.95. The highest BCUT2D eigenvalue weighted by molar-refractivity contribution is 5.43. The summed E-state index contributed by atoms with van der Waals surface area (Å²) in [6, 6.07) is 4.43. The lowest BCUT2D eigenvalue weighted by molar-refractivity contribution is 0.236. The Bertz CT molecular complexity index is 388. The van der Waals surface area contributed by atoms with Crippen LogP contribution in [0.2, 0.25) is 0 Å². The highest BCUT2D eigenvalue weighted by Crippen LogP contribution is 2.25. The van der Waals surface area contributed by atoms with Crippen molar-refractivity contribution in [2.45, 2.75) is 33.2 Å². The number of hydrogen-bond donors (Lipinski definition) is 1. The zero-order valence-electron chi connectivity index (χ0n) is 12.5. The molecule has 0 atom stereocenters. The number of ether oxygens (including phenoxy) is 1. The van der Waals surface area contributed by atoms with Gasteiger partial charge in [-0.2, -0.15) is 0 Å². The van der Waals surface area contributed by atoms with Gasteiger partial charge in [0.15, 0.2) is 0 Å². The maximum Gasteiger partial charge on any atom is 0.125 e. The quantitative estimate of drug-likeness (QED) is 0.852. The first-order valence-electron chi connectivity index (χ1n) is 7.30. The molecule has 1 aliphatic rings. The van der Waals surface area contributed by atoms with Gasteiger partial charge in [-0.15, -0.1) is 0 Å². The normalized spacial score (nSPS) is 15.9. The SMILES string of the molecule is CNCc1cc(C)c(OCCN2CCCC2)c(C)c1. The van der Waals surface area contributed by atoms with E-state index in [-0.39, 0.29) is 0 Å². The van der Waals surface area contributed by atoms with Crippen molar-refractivity contribution in [2.24, 2.45) is 0 Å². The Morgan fingerprint density at radius 1 is 1.16 bits per heavy atom. The maximum atomic E-state index is 6.00. The Balaban J connectivity index is 1.91. The van der Waals surface area contributed by atoms with Crippen molar-refractivity contribution in [1.29, 1.82) is 0 Å². The Hall–Kier alpha value is -1.06. The van der Waals surface area contributed by atoms with Crippen molar-refractivity contribution < 1.29 is 4.74 Å². The van der Waals surface area contributed by atoms with Gasteiger partial charge in [0.05, 0.1) is 0 Å². The van der Waals surface area contributed by atoms with Gasteiger partial charge in [0.25, 0.3) is 0 Å². The summed E-state index contributed by atoms with van der Waals surface area (Å²) >= 11 is 0. The van der Waals surface area contributed by atoms with Crippen molar-refractivity contribution in [3.05, 3.63) is 28.8 Å². The lowest BCUT2D eigenvalue weighted by Crippen LogP contribution is -2.25. The molecule has 1 aromatic carbocycles. The van der Waals surface area contributed by atoms with Gasteiger partial charge in [-0.05, 0) is 63.5 Å². The Kier molecular flexibility index (Phi) is 5.23. The molecule has 1 fully saturated rings. The fourth-order valence-corrected chi connectivity index (χ4v) is 2.86. The number of rotatable bonds is 6. The van der Waals surface area contributed by atoms with Gasteiger partial charge in [-0.3, -0.25) is 4.90 Å². The Morgan fingerprint density at radius 2 is 1.79 bits per heavy atom. The zero-order valence-corrected chi connectivity index (χ0v) is 12.5. The summed E-state index contributed by atoms with van der Waals surface area (Å²) < 4.78 is 6.00. The minimum Gasteiger partial charge on any atom is -0.492 e. The van der Waals surface area contributed by atoms with Gasteiger partial charge in [0.1, 0.15) is 12.4 Å². The summed E-state index contributed by atoms with van der Waals surface area (Å²) in [5.41, 5.74) is 3.81. The summed E-state index contributed by atoms with van der Waals surface area (Å²) in [7, 11) is 1.98. The molecule has 3 nitrogen and oxygen atoms in total. The molecule has 0 unspecified atom stereocenters. The van der Waals surface area contributed by atoms with E-state index in [1.165, 1.54) is 42.6 Å². The van der Waals surface area contributed by atoms with Crippen LogP contribution in [0.5, 0.6) is 5.75 Å². The molecule has 1 heterocycles. The van der Waals surface area contributed by atoms with Crippen LogP contribution in [0.25, 0.3) is 0 Å². The average molecular weight is 262 g/mol. The minimum atomic E-state index is 0.799. The molecule has 1 saturated heterocycles. The molecule has 2 rings (SSSR count). The highest BCUT2D eigenvalue weighted by atomic mass is 16.5. The van der Waals surface area contributed by atoms with Crippen LogP contribution in [0.4, 0.5) is 0 Å². The first kappa shape index (κ1) is 14.4. The van der Waals surface area contributed by atoms with Crippen LogP contribution in [0.3, 0.4) is 0 Å². The molecule has 0 bridgehead atoms. The van der Waals surface area contributed by atoms with Crippen LogP contribution in [0.1, 0.15) is 29.5 Å². The van der Waals surface area contributed by atoms with Crippen LogP contribution in [0.15, 0.2) is 12.1 Å². The first-order chi connectivity index (χ1) is 9.20. The molecule has 1 N–H and O–H groups in total. The second kappa shape index (κ2) is 6.92. The van der Waals surface area contributed by atoms with Crippen molar-refractivity contribution in [3.8, 4) is 5.75 Å². The molecule has 106 valence electrons. The molecule has 0 radical (unpaired) electrons. The number of nitrogens with zero attached hydrogens (tertiary/aromatic N) is 1. The largest absolute Gasteiger partial charge is 0.492 e. The van der Waals surface area contributed by atoms with Crippen molar-refractivity contribution in [1.82, 2.24) is 10.2 Å². The number of hydrogen-bond acceptors (Lipinski definition) is 3. The fourth-order valence-electron chi connectivity index (χ4n) is 2.86. The monoisotopic (exact) mass is 262 g/mol. The minimum absolute atomic E-state index is 0.799. The van der Waals surface area contributed by atoms with Crippen LogP contribution in [-0.4, -0.2) is 38.2 Å². The predicted octanol–water partition coefficient (Wildman–Crippen LogP) is 2.50. The van der Waals surface area contributed by atoms with Gasteiger partial charge in [-0.25, -0.2) is 0 Å². The van der Waals surface area contributed by atoms with E-state index in [2.05, 4.69) is 36.2 Å². The highest BCUT2D eigenvalue weighted by Gasteiger charge is 2.12. The molecular weight excluding hydrogens is 236 g/mol. The number of likely N-dealkylation sites (tertiary alicyclic amines) is 1. The van der Waals surface area contributed by atoms with Crippen LogP contribution in [-0.2, 0) is 6.54 Å². The maximum absolute atomic E-state index is 6.00. The van der Waals surface area contributed by atoms with E-state index in [0.29, 0.717) is 0 Å². The molecule has 19 heavy (non-hydrogen) atoms. The number of nitrogens with one attached hydrogen (secondary N) is 1. The standard InChI is InChI=1S/C16H26N2O/c1-13-10-15(12-17-3)11-14(2)16(13)19-9-8-18-6-4-5-7-18/h10-11,17H,4-9,12H2,1-3H3. The second-order valence-corrected chi connectivity index (χ2v) is 5.49. The van der Waals surface area contributed by atoms with Gasteiger partial charge in [0.2, 0.25) is 0 Å². The summed E-state index contributed by atoms with van der Waals surface area (Å²) in [5, 5.41) is 3.19. The number of benzene rings is 1. The number of aryl methyl sites for hydroxylation is 2. The van der Waals surface area contributed by atoms with E-state index >= 15 is 0 Å². The summed E-state index contributed by atoms with van der Waals surface area (Å²) in [5.74, 6) is 1.07. The van der Waals surface area contributed by atoms with E-state index < -0.39 is 0 Å². The molecule has 0 spiro atoms. The molecule has 0 saturated carbocycles. The molecule has 1 aromatic rings. The smallest absolute Gasteiger partial charge is 0.125 e. The van der Waals surface area contributed by atoms with Crippen LogP contribution >= 0.6 is 0 Å². The van der Waals surface area contributed by atoms with E-state index in [1.807, 2.05) is 7.05 Å². The van der Waals surface area contributed by atoms with Gasteiger partial charge < -0.3 is 10.1 Å². The summed E-state index contributed by atoms with van der Waals surface area (Å²) in [6.45, 7) is 9.51. The van der Waals surface area contributed by atoms with Crippen molar-refractivity contribution in [3.63, 3.8) is 0 Å². The molecule has 3 heteroatoms. The van der Waals surface area contributed by atoms with Crippen LogP contribution in [0, 0.1) is 13.8 Å². The molecule has 0 aliphatic carbocycles. The molecule has 0 amide bonds. The third-order valence-electron chi connectivity index (χ3n) is 3.75. The van der Waals surface area contributed by atoms with Crippen molar-refractivity contribution >= 4 is 0 Å². The Labute approximate surface area is 116 Å². The molecule has 1 aliphatic heterocycles. The van der Waals surface area contributed by atoms with E-state index in [9.17, 15) is 0 Å². The lowest BCUT2D eigenvalue weighted by atomic mass is 10.1. The van der Waals surface area contributed by atoms with Gasteiger partial charge in [-0.1, -0.05) is 12.1 Å². The topological polar surface area (TPSA) is 24.5 Å². The molecule has 0 aromatic heterocycles. The van der Waals surface area contributed by atoms with Crippen molar-refractivity contribution in [2.75, 3.05) is 33.3 Å². The predicted molar refractivity (Wildman–Crippen MR) is 79.8 cm³/mol. The first-order valence-corrected chi connectivity index (χ1v) is 7.30. The fraction of sp³-hybridized carbons (Fsp3) is 0.625. The summed E-state index contributed by atoms with van der Waals surface area (Å²) in [4.78, 5) is 2.49. The second-order valence-electron chi connectivity index (χ2n) is 5.49. The lowest BCUT2D eigenvalue weighted by Gasteiger charge is -2.18. The average Bonchev–Trinajstić information content (AvgIpc) is 2.86. The van der Waals surface area contributed by atoms with E-state index in [0.717, 1.165) is 25.4 Å². The van der Waals surface area contributed by atoms with Crippen LogP contribution < -0.4 is 10.1 Å². The van der Waals surface area contributed by atoms with E-state index in [4.69, 9.17) is 4.74 Å². The van der Waals surface area contributed by atoms with Gasteiger partial charge in [0, 0.05) is 13.1 Å². The van der Waals surface area contributed by atoms with E-state index in [1.54, 1.807) is 0 Å². The zero-order chi connectivity index (χ0) is 13.7. The molecular formula is C16H26N2O. The summed E-state index contributed by atoms with van der Waals surface area (Å²) in [6.07, 6.45) is 2.69. The third-order valence-corrected chi connectivity index (χ3v) is 3.75. The Morgan fingerprint density at radius 3 is 2.37 bits per heavy atom. The van der Waals surface area contributed by atoms with Gasteiger partial charge >= 0.3 is 0 Å².